The van der Waals surface area contributed by atoms with Crippen molar-refractivity contribution in [1.29, 1.82) is 0 Å². The minimum atomic E-state index is -1.35. The number of ether oxygens (including phenoxy) is 3. The summed E-state index contributed by atoms with van der Waals surface area (Å²) < 4.78 is 17.7. The lowest BCUT2D eigenvalue weighted by molar-refractivity contribution is -0.159. The summed E-state index contributed by atoms with van der Waals surface area (Å²) in [6.07, 6.45) is 7.23. The molecule has 5 aliphatic rings. The molecule has 2 N–H and O–H groups in total. The fourth-order valence-electron chi connectivity index (χ4n) is 7.12. The normalized spacial score (nSPS) is 35.3. The fraction of sp³-hybridized carbons (Fsp3) is 0.742. The van der Waals surface area contributed by atoms with Crippen molar-refractivity contribution < 1.29 is 38.5 Å². The first-order chi connectivity index (χ1) is 20.7. The Morgan fingerprint density at radius 1 is 1.09 bits per heavy atom. The molecule has 0 aromatic rings. The lowest BCUT2D eigenvalue weighted by atomic mass is 9.74. The van der Waals surface area contributed by atoms with E-state index in [4.69, 9.17) is 14.2 Å². The first-order valence-corrected chi connectivity index (χ1v) is 15.7. The molecule has 7 atom stereocenters. The van der Waals surface area contributed by atoms with Crippen LogP contribution in [0.5, 0.6) is 0 Å². The van der Waals surface area contributed by atoms with Crippen LogP contribution in [0.3, 0.4) is 0 Å². The lowest BCUT2D eigenvalue weighted by Crippen LogP contribution is -2.59. The maximum Gasteiger partial charge on any atom is 0.313 e. The molecule has 5 heterocycles. The molecule has 43 heavy (non-hydrogen) atoms. The summed E-state index contributed by atoms with van der Waals surface area (Å²) in [5.41, 5.74) is -1.35. The van der Waals surface area contributed by atoms with Gasteiger partial charge in [-0.15, -0.1) is 0 Å². The van der Waals surface area contributed by atoms with E-state index in [2.05, 4.69) is 10.2 Å². The summed E-state index contributed by atoms with van der Waals surface area (Å²) in [5.74, 6) is -3.17. The molecule has 1 spiro atoms. The minimum Gasteiger partial charge on any atom is -0.460 e. The quantitative estimate of drug-likeness (QED) is 0.307. The van der Waals surface area contributed by atoms with Crippen LogP contribution in [0, 0.1) is 17.8 Å². The van der Waals surface area contributed by atoms with E-state index in [1.54, 1.807) is 24.0 Å². The average molecular weight is 603 g/mol. The number of amides is 3. The van der Waals surface area contributed by atoms with Gasteiger partial charge in [0.15, 0.2) is 0 Å². The Bertz CT molecular complexity index is 1120. The Kier molecular flexibility index (Phi) is 9.89. The van der Waals surface area contributed by atoms with Crippen molar-refractivity contribution in [2.24, 2.45) is 17.8 Å². The molecular formula is C31H46N4O8. The highest BCUT2D eigenvalue weighted by molar-refractivity contribution is 5.99. The highest BCUT2D eigenvalue weighted by Gasteiger charge is 2.74. The van der Waals surface area contributed by atoms with Crippen LogP contribution in [0.2, 0.25) is 0 Å². The number of carbonyl (C=O) groups excluding carboxylic acids is 4. The van der Waals surface area contributed by atoms with Gasteiger partial charge in [0.25, 0.3) is 0 Å². The number of nitrogens with one attached hydrogen (secondary N) is 1. The van der Waals surface area contributed by atoms with Crippen molar-refractivity contribution in [1.82, 2.24) is 20.0 Å². The SMILES string of the molecule is CC(C)C[C@H](CO)N1C(=O)[C@H]2[C@@H]3C(=O)O[C@H](C)CNC(=O)CC/C=C\CN(CCN4CCOCC4)C(=O)[C@H]1[C@@]21C=C[C@@H]3O1. The van der Waals surface area contributed by atoms with Gasteiger partial charge in [-0.2, -0.15) is 0 Å². The second-order valence-electron chi connectivity index (χ2n) is 12.7. The summed E-state index contributed by atoms with van der Waals surface area (Å²) in [7, 11) is 0. The number of hydrogen-bond donors (Lipinski definition) is 2. The first-order valence-electron chi connectivity index (χ1n) is 15.7. The number of allylic oxidation sites excluding steroid dienone is 1. The fourth-order valence-corrected chi connectivity index (χ4v) is 7.12. The zero-order valence-electron chi connectivity index (χ0n) is 25.5. The number of nitrogens with zero attached hydrogens (tertiary/aromatic N) is 3. The molecule has 0 unspecified atom stereocenters. The number of fused-ring (bicyclic) bond motifs is 2. The smallest absolute Gasteiger partial charge is 0.313 e. The summed E-state index contributed by atoms with van der Waals surface area (Å²) in [6.45, 7) is 9.66. The van der Waals surface area contributed by atoms with Crippen LogP contribution >= 0.6 is 0 Å². The summed E-state index contributed by atoms with van der Waals surface area (Å²) >= 11 is 0. The van der Waals surface area contributed by atoms with E-state index in [0.717, 1.165) is 13.1 Å². The van der Waals surface area contributed by atoms with Gasteiger partial charge in [0.1, 0.15) is 23.7 Å². The van der Waals surface area contributed by atoms with Gasteiger partial charge >= 0.3 is 5.97 Å². The molecule has 5 rings (SSSR count). The van der Waals surface area contributed by atoms with Gasteiger partial charge in [0, 0.05) is 39.1 Å². The molecular weight excluding hydrogens is 556 g/mol. The number of carbonyl (C=O) groups is 4. The third-order valence-corrected chi connectivity index (χ3v) is 9.20. The molecule has 3 amide bonds. The number of aliphatic hydroxyl groups excluding tert-OH is 1. The third-order valence-electron chi connectivity index (χ3n) is 9.20. The van der Waals surface area contributed by atoms with E-state index in [-0.39, 0.29) is 49.8 Å². The van der Waals surface area contributed by atoms with Gasteiger partial charge in [-0.05, 0) is 25.7 Å². The summed E-state index contributed by atoms with van der Waals surface area (Å²) in [4.78, 5) is 60.5. The van der Waals surface area contributed by atoms with Crippen molar-refractivity contribution in [3.63, 3.8) is 0 Å². The minimum absolute atomic E-state index is 0.147. The Morgan fingerprint density at radius 2 is 1.86 bits per heavy atom. The monoisotopic (exact) mass is 602 g/mol. The molecule has 238 valence electrons. The summed E-state index contributed by atoms with van der Waals surface area (Å²) in [5, 5.41) is 13.3. The largest absolute Gasteiger partial charge is 0.460 e. The molecule has 0 aromatic heterocycles. The zero-order chi connectivity index (χ0) is 30.7. The van der Waals surface area contributed by atoms with Gasteiger partial charge in [-0.25, -0.2) is 0 Å². The molecule has 12 heteroatoms. The van der Waals surface area contributed by atoms with Crippen molar-refractivity contribution in [3.8, 4) is 0 Å². The number of cyclic esters (lactones) is 1. The predicted octanol–water partition coefficient (Wildman–Crippen LogP) is 0.103. The molecule has 0 saturated carbocycles. The van der Waals surface area contributed by atoms with Gasteiger partial charge in [-0.1, -0.05) is 38.2 Å². The molecule has 0 radical (unpaired) electrons. The van der Waals surface area contributed by atoms with Crippen molar-refractivity contribution in [3.05, 3.63) is 24.3 Å². The molecule has 12 nitrogen and oxygen atoms in total. The van der Waals surface area contributed by atoms with Crippen LogP contribution in [0.4, 0.5) is 0 Å². The van der Waals surface area contributed by atoms with Crippen molar-refractivity contribution in [2.45, 2.75) is 69.9 Å². The molecule has 0 aliphatic carbocycles. The second-order valence-corrected chi connectivity index (χ2v) is 12.7. The van der Waals surface area contributed by atoms with E-state index in [1.165, 1.54) is 4.90 Å². The lowest BCUT2D eigenvalue weighted by Gasteiger charge is -2.39. The highest BCUT2D eigenvalue weighted by Crippen LogP contribution is 2.56. The van der Waals surface area contributed by atoms with E-state index >= 15 is 0 Å². The molecule has 3 saturated heterocycles. The second kappa shape index (κ2) is 13.5. The Morgan fingerprint density at radius 3 is 2.58 bits per heavy atom. The van der Waals surface area contributed by atoms with Crippen molar-refractivity contribution >= 4 is 23.7 Å². The molecule has 5 bridgehead atoms. The van der Waals surface area contributed by atoms with Gasteiger partial charge in [-0.3, -0.25) is 24.1 Å². The summed E-state index contributed by atoms with van der Waals surface area (Å²) in [6, 6.07) is -1.67. The van der Waals surface area contributed by atoms with Crippen LogP contribution < -0.4 is 5.32 Å². The predicted molar refractivity (Wildman–Crippen MR) is 155 cm³/mol. The molecule has 0 aromatic carbocycles. The number of esters is 1. The first kappa shape index (κ1) is 31.6. The third kappa shape index (κ3) is 6.38. The van der Waals surface area contributed by atoms with Crippen LogP contribution in [-0.2, 0) is 33.4 Å². The maximum atomic E-state index is 14.7. The number of likely N-dealkylation sites (tertiary alicyclic amines) is 1. The highest BCUT2D eigenvalue weighted by atomic mass is 16.6. The van der Waals surface area contributed by atoms with E-state index in [1.807, 2.05) is 26.0 Å². The topological polar surface area (TPSA) is 138 Å². The van der Waals surface area contributed by atoms with Crippen LogP contribution in [0.25, 0.3) is 0 Å². The molecule has 5 aliphatic heterocycles. The number of rotatable bonds is 7. The van der Waals surface area contributed by atoms with E-state index < -0.39 is 47.7 Å². The van der Waals surface area contributed by atoms with Crippen molar-refractivity contribution in [2.75, 3.05) is 59.1 Å². The van der Waals surface area contributed by atoms with Gasteiger partial charge < -0.3 is 34.4 Å². The van der Waals surface area contributed by atoms with Gasteiger partial charge in [0.2, 0.25) is 17.7 Å². The number of aliphatic hydroxyl groups is 1. The number of hydrogen-bond acceptors (Lipinski definition) is 9. The van der Waals surface area contributed by atoms with E-state index in [0.29, 0.717) is 39.1 Å². The zero-order valence-corrected chi connectivity index (χ0v) is 25.5. The van der Waals surface area contributed by atoms with Crippen LogP contribution in [0.15, 0.2) is 24.3 Å². The molecule has 3 fully saturated rings. The Balaban J connectivity index is 1.53. The Hall–Kier alpha value is -2.80. The Labute approximate surface area is 253 Å². The van der Waals surface area contributed by atoms with Gasteiger partial charge in [0.05, 0.1) is 44.4 Å². The van der Waals surface area contributed by atoms with E-state index in [9.17, 15) is 24.3 Å². The average Bonchev–Trinajstić information content (AvgIpc) is 3.63. The standard InChI is InChI=1S/C31H46N4O8/c1-20(2)17-22(19-36)35-27-29(39)34(12-11-33-13-15-41-16-14-33)10-6-4-5-7-24(37)32-18-21(3)42-30(40)25-23-8-9-31(27,43-23)26(25)28(35)38/h4,6,8-9,20-23,25-27,36H,5,7,10-19H2,1-3H3,(H,32,37)/b6-4-/t21-,22-,23+,25-,26-,27+,31-/m1/s1. The van der Waals surface area contributed by atoms with Crippen LogP contribution in [0.1, 0.15) is 40.0 Å². The maximum absolute atomic E-state index is 14.7. The van der Waals surface area contributed by atoms with Crippen LogP contribution in [-0.4, -0.2) is 132 Å². The number of morpholine rings is 1.